The molecule has 0 spiro atoms. The third-order valence-corrected chi connectivity index (χ3v) is 10.6. The largest absolute Gasteiger partial charge is 1.00 e. The summed E-state index contributed by atoms with van der Waals surface area (Å²) in [5.41, 5.74) is 0.00489. The summed E-state index contributed by atoms with van der Waals surface area (Å²) in [4.78, 5) is 28.6. The molecule has 316 valence electrons. The summed E-state index contributed by atoms with van der Waals surface area (Å²) in [5, 5.41) is 52.2. The van der Waals surface area contributed by atoms with Crippen LogP contribution in [0, 0.1) is 19.1 Å². The van der Waals surface area contributed by atoms with Gasteiger partial charge in [0.15, 0.2) is 16.1 Å². The average molecular weight is 998 g/mol. The van der Waals surface area contributed by atoms with Crippen molar-refractivity contribution in [3.05, 3.63) is 138 Å². The summed E-state index contributed by atoms with van der Waals surface area (Å²) in [7, 11) is -10.6. The predicted octanol–water partition coefficient (Wildman–Crippen LogP) is -8.06. The molecule has 0 aliphatic heterocycles. The van der Waals surface area contributed by atoms with E-state index in [-0.39, 0.29) is 232 Å². The number of imidazole rings is 1. The number of benzene rings is 7. The number of fused-ring (bicyclic) bond motifs is 4. The smallest absolute Gasteiger partial charge is 0.731 e. The minimum absolute atomic E-state index is 0. The molecule has 0 radical (unpaired) electrons. The van der Waals surface area contributed by atoms with Crippen LogP contribution in [0.4, 0.5) is 28.4 Å². The Labute approximate surface area is 497 Å². The van der Waals surface area contributed by atoms with E-state index in [0.717, 1.165) is 6.07 Å². The predicted molar refractivity (Wildman–Crippen MR) is 221 cm³/mol. The summed E-state index contributed by atoms with van der Waals surface area (Å²) in [6.45, 7) is 1.46. The monoisotopic (exact) mass is 997 g/mol. The summed E-state index contributed by atoms with van der Waals surface area (Å²) < 4.78 is 78.6. The third kappa shape index (κ3) is 13.0. The van der Waals surface area contributed by atoms with Crippen molar-refractivity contribution in [2.24, 2.45) is 20.5 Å². The molecule has 1 amide bonds. The molecule has 7 aromatic carbocycles. The number of azo groups is 2. The van der Waals surface area contributed by atoms with Gasteiger partial charge >= 0.3 is 148 Å². The van der Waals surface area contributed by atoms with E-state index in [4.69, 9.17) is 4.18 Å². The number of aryl methyl sites for hydroxylation is 1. The van der Waals surface area contributed by atoms with Gasteiger partial charge in [0, 0.05) is 45.0 Å². The molecule has 0 saturated heterocycles. The van der Waals surface area contributed by atoms with E-state index in [1.807, 2.05) is 0 Å². The number of nitrogens with zero attached hydrogens (tertiary/aromatic N) is 6. The van der Waals surface area contributed by atoms with Gasteiger partial charge in [-0.25, -0.2) is 25.8 Å². The number of phenolic OH excluding ortho intramolecular Hbond substituents is 1. The van der Waals surface area contributed by atoms with Gasteiger partial charge in [-0.3, -0.25) is 4.79 Å². The molecule has 0 aliphatic rings. The van der Waals surface area contributed by atoms with Crippen LogP contribution in [0.15, 0.2) is 130 Å². The quantitative estimate of drug-likeness (QED) is 0.0271. The molecular weight excluding hydrogens is 974 g/mol. The number of hydrogen-bond donors (Lipinski definition) is 3. The third-order valence-electron chi connectivity index (χ3n) is 9.38. The molecule has 8 aromatic rings. The Morgan fingerprint density at radius 3 is 2.10 bits per heavy atom. The first-order valence-electron chi connectivity index (χ1n) is 18.0. The standard InChI is InChI=1S/C42H27N7O12S2.5Na/c1-22-19-28(21-32(37(22)50)42(53)54)43-41(52)24-9-12-26(13-10-24)45-47-34-18-14-30-31(38(34)51)15-17-33-36(30)49(62(55,56)57)40(44-33)25-6-4-7-27(20-25)46-48-35-16-11-23-5-2-3-8-29(23)39(35)61-63(58,59)60;;;;;/h2-10,12-17,19-21,50-51H,1H3,(H,43,52)(H,53,54)(H,55,56,57)(H,58,59,60);;;;;/q-2;5*+1/p-3. The Hall–Kier alpha value is -3.11. The second kappa shape index (κ2) is 24.3. The Bertz CT molecular complexity index is 3530. The Morgan fingerprint density at radius 1 is 0.735 bits per heavy atom. The van der Waals surface area contributed by atoms with E-state index in [1.54, 1.807) is 18.2 Å². The van der Waals surface area contributed by atoms with Crippen LogP contribution >= 0.6 is 0 Å². The topological polar surface area (TPSA) is 301 Å². The van der Waals surface area contributed by atoms with E-state index in [2.05, 4.69) is 42.9 Å². The van der Waals surface area contributed by atoms with Crippen LogP contribution in [0.2, 0.25) is 0 Å². The zero-order chi connectivity index (χ0) is 44.8. The van der Waals surface area contributed by atoms with Gasteiger partial charge in [-0.2, -0.15) is 32.6 Å². The van der Waals surface area contributed by atoms with Crippen molar-refractivity contribution in [3.63, 3.8) is 0 Å². The minimum Gasteiger partial charge on any atom is -0.731 e. The number of aromatic hydroxyl groups is 2. The first-order chi connectivity index (χ1) is 29.9. The van der Waals surface area contributed by atoms with E-state index in [9.17, 15) is 50.8 Å². The Balaban J connectivity index is 0.00000245. The number of carbonyl (C=O) groups excluding carboxylic acids is 2. The van der Waals surface area contributed by atoms with Crippen molar-refractivity contribution in [2.45, 2.75) is 6.92 Å². The van der Waals surface area contributed by atoms with Crippen LogP contribution in [-0.2, 0) is 20.7 Å². The fourth-order valence-corrected chi connectivity index (χ4v) is 7.72. The van der Waals surface area contributed by atoms with Crippen LogP contribution in [0.25, 0.3) is 44.0 Å². The van der Waals surface area contributed by atoms with Gasteiger partial charge in [-0.05, 0) is 67.1 Å². The number of aromatic carboxylic acids is 1. The Morgan fingerprint density at radius 2 is 1.43 bits per heavy atom. The summed E-state index contributed by atoms with van der Waals surface area (Å²) >= 11 is 0. The van der Waals surface area contributed by atoms with Gasteiger partial charge in [0.25, 0.3) is 16.3 Å². The molecule has 19 nitrogen and oxygen atoms in total. The van der Waals surface area contributed by atoms with Crippen molar-refractivity contribution >= 4 is 93.6 Å². The molecule has 0 unspecified atom stereocenters. The molecular formula is C42H24N7Na5O12S2. The van der Waals surface area contributed by atoms with Crippen LogP contribution in [0.5, 0.6) is 17.2 Å². The van der Waals surface area contributed by atoms with Crippen molar-refractivity contribution in [1.29, 1.82) is 0 Å². The number of carboxylic acids is 1. The van der Waals surface area contributed by atoms with Gasteiger partial charge in [0.05, 0.1) is 28.6 Å². The summed E-state index contributed by atoms with van der Waals surface area (Å²) in [6.07, 6.45) is 0. The first-order valence-corrected chi connectivity index (χ1v) is 20.7. The van der Waals surface area contributed by atoms with Crippen LogP contribution in [0.1, 0.15) is 26.3 Å². The molecule has 0 saturated carbocycles. The number of rotatable bonds is 11. The molecule has 0 aliphatic carbocycles. The number of aromatic nitrogens is 2. The summed E-state index contributed by atoms with van der Waals surface area (Å²) in [6, 6.07) is 31.4. The molecule has 3 N–H and O–H groups in total. The maximum atomic E-state index is 12.9. The number of carbonyl (C=O) groups is 2. The molecule has 8 rings (SSSR count). The molecule has 1 heterocycles. The van der Waals surface area contributed by atoms with Crippen molar-refractivity contribution in [2.75, 3.05) is 5.32 Å². The average Bonchev–Trinajstić information content (AvgIpc) is 3.66. The number of phenols is 2. The molecule has 0 bridgehead atoms. The summed E-state index contributed by atoms with van der Waals surface area (Å²) in [5.74, 6) is -3.85. The van der Waals surface area contributed by atoms with E-state index in [0.29, 0.717) is 9.36 Å². The molecule has 1 aromatic heterocycles. The van der Waals surface area contributed by atoms with Crippen molar-refractivity contribution < 1.29 is 203 Å². The van der Waals surface area contributed by atoms with Gasteiger partial charge < -0.3 is 38.7 Å². The number of hydrogen-bond acceptors (Lipinski definition) is 17. The second-order valence-corrected chi connectivity index (χ2v) is 15.7. The van der Waals surface area contributed by atoms with Crippen LogP contribution in [-0.4, -0.2) is 57.0 Å². The number of carboxylic acid groups (broad SMARTS) is 1. The Kier molecular flexibility index (Phi) is 21.2. The zero-order valence-corrected chi connectivity index (χ0v) is 48.5. The fourth-order valence-electron chi connectivity index (χ4n) is 6.57. The molecule has 26 heteroatoms. The number of nitrogens with one attached hydrogen (secondary N) is 1. The van der Waals surface area contributed by atoms with E-state index >= 15 is 0 Å². The SMILES string of the molecule is Cc1cc(NC(=O)c2ccc(N=Nc3[c-]cc4c(ccc5nc(-c6cccc(N=Nc7c[c-]c8ccccc8c7OS(=O)(=O)[O-])c6)n(S(=O)(=O)[O-])c54)c3O)cc2)cc(C(=O)[O-])c1O.[Na+].[Na+].[Na+].[Na+].[Na+]. The second-order valence-electron chi connectivity index (χ2n) is 13.5. The van der Waals surface area contributed by atoms with Gasteiger partial charge in [-0.15, -0.1) is 29.7 Å². The van der Waals surface area contributed by atoms with E-state index < -0.39 is 49.6 Å². The normalized spacial score (nSPS) is 11.3. The van der Waals surface area contributed by atoms with Crippen molar-refractivity contribution in [1.82, 2.24) is 8.96 Å². The van der Waals surface area contributed by atoms with Crippen LogP contribution < -0.4 is 162 Å². The van der Waals surface area contributed by atoms with Gasteiger partial charge in [0.2, 0.25) is 0 Å². The number of anilines is 1. The van der Waals surface area contributed by atoms with Crippen molar-refractivity contribution in [3.8, 4) is 28.6 Å². The maximum absolute atomic E-state index is 12.9. The van der Waals surface area contributed by atoms with Gasteiger partial charge in [0.1, 0.15) is 5.75 Å². The molecule has 0 atom stereocenters. The van der Waals surface area contributed by atoms with Gasteiger partial charge in [-0.1, -0.05) is 46.5 Å². The van der Waals surface area contributed by atoms with E-state index in [1.165, 1.54) is 91.9 Å². The minimum atomic E-state index is -5.33. The first kappa shape index (κ1) is 59.2. The molecule has 0 fully saturated rings. The van der Waals surface area contributed by atoms with Crippen LogP contribution in [0.3, 0.4) is 0 Å². The maximum Gasteiger partial charge on any atom is 1.00 e. The molecule has 68 heavy (non-hydrogen) atoms. The number of amides is 1. The fraction of sp³-hybridized carbons (Fsp3) is 0.0238. The zero-order valence-electron chi connectivity index (χ0n) is 36.9.